The number of hydrogen-bond donors (Lipinski definition) is 1. The first-order valence-electron chi connectivity index (χ1n) is 7.69. The second-order valence-corrected chi connectivity index (χ2v) is 6.63. The van der Waals surface area contributed by atoms with Crippen LogP contribution in [0.4, 0.5) is 15.9 Å². The molecule has 0 unspecified atom stereocenters. The molecule has 1 saturated heterocycles. The Bertz CT molecular complexity index is 730. The van der Waals surface area contributed by atoms with Crippen molar-refractivity contribution >= 4 is 33.3 Å². The molecular formula is C17H18BrFN4O. The Hall–Kier alpha value is -1.99. The molecule has 1 aromatic heterocycles. The van der Waals surface area contributed by atoms with Crippen molar-refractivity contribution in [3.63, 3.8) is 0 Å². The van der Waals surface area contributed by atoms with Gasteiger partial charge in [0.25, 0.3) is 5.91 Å². The van der Waals surface area contributed by atoms with Gasteiger partial charge in [0, 0.05) is 30.7 Å². The fraction of sp³-hybridized carbons (Fsp3) is 0.294. The van der Waals surface area contributed by atoms with E-state index in [1.165, 1.54) is 18.2 Å². The van der Waals surface area contributed by atoms with Crippen LogP contribution in [-0.2, 0) is 0 Å². The van der Waals surface area contributed by atoms with Gasteiger partial charge in [-0.05, 0) is 53.3 Å². The maximum absolute atomic E-state index is 13.1. The molecule has 0 radical (unpaired) electrons. The van der Waals surface area contributed by atoms with E-state index in [1.54, 1.807) is 6.20 Å². The van der Waals surface area contributed by atoms with Crippen LogP contribution in [0.5, 0.6) is 0 Å². The number of nitrogens with zero attached hydrogens (tertiary/aromatic N) is 3. The maximum atomic E-state index is 13.1. The summed E-state index contributed by atoms with van der Waals surface area (Å²) in [5, 5.41) is 2.78. The number of hydrogen-bond acceptors (Lipinski definition) is 4. The molecule has 0 spiro atoms. The number of rotatable bonds is 3. The number of halogens is 2. The molecule has 1 aliphatic rings. The SMILES string of the molecule is CN1CCN(c2ccc(NC(=O)c3ccc(F)cc3Br)cn2)CC1. The zero-order valence-corrected chi connectivity index (χ0v) is 14.9. The van der Waals surface area contributed by atoms with E-state index in [9.17, 15) is 9.18 Å². The average molecular weight is 393 g/mol. The van der Waals surface area contributed by atoms with Crippen LogP contribution < -0.4 is 10.2 Å². The van der Waals surface area contributed by atoms with Gasteiger partial charge in [-0.25, -0.2) is 9.37 Å². The molecule has 2 heterocycles. The molecule has 1 amide bonds. The fourth-order valence-electron chi connectivity index (χ4n) is 2.55. The summed E-state index contributed by atoms with van der Waals surface area (Å²) in [5.41, 5.74) is 0.980. The lowest BCUT2D eigenvalue weighted by Crippen LogP contribution is -2.44. The van der Waals surface area contributed by atoms with Crippen LogP contribution >= 0.6 is 15.9 Å². The standard InChI is InChI=1S/C17H18BrFN4O/c1-22-6-8-23(9-7-22)16-5-3-13(11-20-16)21-17(24)14-4-2-12(19)10-15(14)18/h2-5,10-11H,6-9H2,1H3,(H,21,24). The minimum atomic E-state index is -0.392. The first-order chi connectivity index (χ1) is 11.5. The Kier molecular flexibility index (Phi) is 5.11. The molecule has 7 heteroatoms. The van der Waals surface area contributed by atoms with E-state index in [2.05, 4.69) is 43.1 Å². The van der Waals surface area contributed by atoms with Crippen LogP contribution in [0.1, 0.15) is 10.4 Å². The minimum absolute atomic E-state index is 0.309. The van der Waals surface area contributed by atoms with Gasteiger partial charge in [-0.3, -0.25) is 4.79 Å². The molecule has 1 N–H and O–H groups in total. The third-order valence-corrected chi connectivity index (χ3v) is 4.66. The lowest BCUT2D eigenvalue weighted by molar-refractivity contribution is 0.102. The second-order valence-electron chi connectivity index (χ2n) is 5.77. The van der Waals surface area contributed by atoms with Crippen molar-refractivity contribution in [1.82, 2.24) is 9.88 Å². The van der Waals surface area contributed by atoms with Crippen molar-refractivity contribution in [3.8, 4) is 0 Å². The Morgan fingerprint density at radius 3 is 2.58 bits per heavy atom. The van der Waals surface area contributed by atoms with Gasteiger partial charge in [-0.1, -0.05) is 0 Å². The van der Waals surface area contributed by atoms with E-state index in [0.717, 1.165) is 32.0 Å². The number of carbonyl (C=O) groups excluding carboxylic acids is 1. The van der Waals surface area contributed by atoms with Crippen LogP contribution in [-0.4, -0.2) is 49.0 Å². The quantitative estimate of drug-likeness (QED) is 0.871. The smallest absolute Gasteiger partial charge is 0.256 e. The highest BCUT2D eigenvalue weighted by Crippen LogP contribution is 2.20. The number of carbonyl (C=O) groups is 1. The number of benzene rings is 1. The van der Waals surface area contributed by atoms with Crippen LogP contribution in [0, 0.1) is 5.82 Å². The van der Waals surface area contributed by atoms with Gasteiger partial charge in [-0.2, -0.15) is 0 Å². The second kappa shape index (κ2) is 7.27. The Labute approximate surface area is 148 Å². The molecule has 1 fully saturated rings. The fourth-order valence-corrected chi connectivity index (χ4v) is 3.09. The highest BCUT2D eigenvalue weighted by molar-refractivity contribution is 9.10. The van der Waals surface area contributed by atoms with Gasteiger partial charge >= 0.3 is 0 Å². The number of nitrogens with one attached hydrogen (secondary N) is 1. The Morgan fingerprint density at radius 2 is 1.96 bits per heavy atom. The number of anilines is 2. The van der Waals surface area contributed by atoms with E-state index in [-0.39, 0.29) is 5.91 Å². The molecule has 0 aliphatic carbocycles. The molecule has 0 atom stereocenters. The number of pyridine rings is 1. The van der Waals surface area contributed by atoms with E-state index >= 15 is 0 Å². The van der Waals surface area contributed by atoms with Gasteiger partial charge in [0.15, 0.2) is 0 Å². The van der Waals surface area contributed by atoms with E-state index in [1.807, 2.05) is 12.1 Å². The molecular weight excluding hydrogens is 375 g/mol. The van der Waals surface area contributed by atoms with Gasteiger partial charge in [0.2, 0.25) is 0 Å². The Morgan fingerprint density at radius 1 is 1.21 bits per heavy atom. The van der Waals surface area contributed by atoms with Crippen molar-refractivity contribution in [1.29, 1.82) is 0 Å². The highest BCUT2D eigenvalue weighted by Gasteiger charge is 2.16. The van der Waals surface area contributed by atoms with Crippen molar-refractivity contribution in [3.05, 3.63) is 52.4 Å². The predicted molar refractivity (Wildman–Crippen MR) is 96.0 cm³/mol. The average Bonchev–Trinajstić information content (AvgIpc) is 2.56. The van der Waals surface area contributed by atoms with Crippen molar-refractivity contribution < 1.29 is 9.18 Å². The van der Waals surface area contributed by atoms with Gasteiger partial charge < -0.3 is 15.1 Å². The molecule has 1 aromatic carbocycles. The maximum Gasteiger partial charge on any atom is 0.256 e. The van der Waals surface area contributed by atoms with E-state index in [0.29, 0.717) is 15.7 Å². The zero-order chi connectivity index (χ0) is 17.1. The third-order valence-electron chi connectivity index (χ3n) is 4.01. The number of piperazine rings is 1. The van der Waals surface area contributed by atoms with Crippen LogP contribution in [0.3, 0.4) is 0 Å². The van der Waals surface area contributed by atoms with Crippen LogP contribution in [0.15, 0.2) is 41.0 Å². The molecule has 2 aromatic rings. The summed E-state index contributed by atoms with van der Waals surface area (Å²) < 4.78 is 13.5. The van der Waals surface area contributed by atoms with Crippen molar-refractivity contribution in [2.75, 3.05) is 43.4 Å². The normalized spacial score (nSPS) is 15.4. The molecule has 3 rings (SSSR count). The minimum Gasteiger partial charge on any atom is -0.354 e. The van der Waals surface area contributed by atoms with Gasteiger partial charge in [0.05, 0.1) is 17.4 Å². The monoisotopic (exact) mass is 392 g/mol. The van der Waals surface area contributed by atoms with E-state index < -0.39 is 5.82 Å². The van der Waals surface area contributed by atoms with Crippen LogP contribution in [0.2, 0.25) is 0 Å². The molecule has 0 bridgehead atoms. The van der Waals surface area contributed by atoms with Crippen molar-refractivity contribution in [2.24, 2.45) is 0 Å². The summed E-state index contributed by atoms with van der Waals surface area (Å²) in [6.45, 7) is 3.91. The topological polar surface area (TPSA) is 48.5 Å². The third kappa shape index (κ3) is 3.91. The molecule has 0 saturated carbocycles. The number of aromatic nitrogens is 1. The summed E-state index contributed by atoms with van der Waals surface area (Å²) in [6.07, 6.45) is 1.64. The summed E-state index contributed by atoms with van der Waals surface area (Å²) >= 11 is 3.20. The highest BCUT2D eigenvalue weighted by atomic mass is 79.9. The largest absolute Gasteiger partial charge is 0.354 e. The molecule has 24 heavy (non-hydrogen) atoms. The summed E-state index contributed by atoms with van der Waals surface area (Å²) in [5.74, 6) is 0.205. The molecule has 1 aliphatic heterocycles. The van der Waals surface area contributed by atoms with E-state index in [4.69, 9.17) is 0 Å². The zero-order valence-electron chi connectivity index (χ0n) is 13.3. The van der Waals surface area contributed by atoms with Gasteiger partial charge in [0.1, 0.15) is 11.6 Å². The molecule has 126 valence electrons. The van der Waals surface area contributed by atoms with Crippen molar-refractivity contribution in [2.45, 2.75) is 0 Å². The lowest BCUT2D eigenvalue weighted by Gasteiger charge is -2.33. The number of amides is 1. The molecule has 5 nitrogen and oxygen atoms in total. The number of likely N-dealkylation sites (N-methyl/N-ethyl adjacent to an activating group) is 1. The Balaban J connectivity index is 1.66. The van der Waals surface area contributed by atoms with Crippen LogP contribution in [0.25, 0.3) is 0 Å². The first kappa shape index (κ1) is 16.9. The summed E-state index contributed by atoms with van der Waals surface area (Å²) in [4.78, 5) is 21.2. The summed E-state index contributed by atoms with van der Waals surface area (Å²) in [7, 11) is 2.11. The lowest BCUT2D eigenvalue weighted by atomic mass is 10.2. The van der Waals surface area contributed by atoms with Gasteiger partial charge in [-0.15, -0.1) is 0 Å². The predicted octanol–water partition coefficient (Wildman–Crippen LogP) is 2.99. The first-order valence-corrected chi connectivity index (χ1v) is 8.48. The summed E-state index contributed by atoms with van der Waals surface area (Å²) in [6, 6.07) is 7.70.